The third-order valence-corrected chi connectivity index (χ3v) is 5.74. The maximum Gasteiger partial charge on any atom is 0.314 e. The van der Waals surface area contributed by atoms with E-state index in [2.05, 4.69) is 6.58 Å². The van der Waals surface area contributed by atoms with Crippen LogP contribution in [0.1, 0.15) is 41.6 Å². The number of ether oxygens (including phenoxy) is 1. The predicted molar refractivity (Wildman–Crippen MR) is 101 cm³/mol. The highest BCUT2D eigenvalue weighted by atomic mass is 16.5. The van der Waals surface area contributed by atoms with Gasteiger partial charge in [-0.3, -0.25) is 9.59 Å². The summed E-state index contributed by atoms with van der Waals surface area (Å²) >= 11 is 0. The number of carboxylic acids is 1. The largest absolute Gasteiger partial charge is 0.496 e. The Labute approximate surface area is 159 Å². The average molecular weight is 373 g/mol. The summed E-state index contributed by atoms with van der Waals surface area (Å²) in [5.74, 6) is -0.196. The first-order chi connectivity index (χ1) is 12.9. The van der Waals surface area contributed by atoms with Gasteiger partial charge in [0.2, 0.25) is 0 Å². The summed E-state index contributed by atoms with van der Waals surface area (Å²) in [5, 5.41) is 20.3. The summed E-state index contributed by atoms with van der Waals surface area (Å²) < 4.78 is 5.32. The number of rotatable bonds is 7. The van der Waals surface area contributed by atoms with Crippen LogP contribution in [0.15, 0.2) is 30.9 Å². The van der Waals surface area contributed by atoms with Crippen LogP contribution in [0.25, 0.3) is 0 Å². The molecule has 1 amide bonds. The van der Waals surface area contributed by atoms with Crippen molar-refractivity contribution in [3.63, 3.8) is 0 Å². The third-order valence-electron chi connectivity index (χ3n) is 5.74. The molecule has 1 aliphatic carbocycles. The number of aliphatic carboxylic acids is 1. The molecule has 0 aromatic heterocycles. The van der Waals surface area contributed by atoms with Crippen LogP contribution in [-0.4, -0.2) is 53.3 Å². The molecule has 2 N–H and O–H groups in total. The van der Waals surface area contributed by atoms with Crippen molar-refractivity contribution in [3.05, 3.63) is 42.0 Å². The summed E-state index contributed by atoms with van der Waals surface area (Å²) in [7, 11) is 1.58. The number of hydrogen-bond acceptors (Lipinski definition) is 4. The van der Waals surface area contributed by atoms with Gasteiger partial charge in [-0.25, -0.2) is 0 Å². The quantitative estimate of drug-likeness (QED) is 0.717. The molecule has 2 atom stereocenters. The Morgan fingerprint density at radius 1 is 1.37 bits per heavy atom. The van der Waals surface area contributed by atoms with E-state index in [1.807, 2.05) is 0 Å². The second-order valence-corrected chi connectivity index (χ2v) is 7.66. The number of nitrogens with zero attached hydrogens (tertiary/aromatic N) is 1. The van der Waals surface area contributed by atoms with Crippen LogP contribution in [0.2, 0.25) is 0 Å². The second-order valence-electron chi connectivity index (χ2n) is 7.66. The van der Waals surface area contributed by atoms with Gasteiger partial charge in [-0.15, -0.1) is 6.58 Å². The number of benzene rings is 1. The van der Waals surface area contributed by atoms with E-state index in [4.69, 9.17) is 4.74 Å². The summed E-state index contributed by atoms with van der Waals surface area (Å²) in [4.78, 5) is 26.7. The highest BCUT2D eigenvalue weighted by molar-refractivity contribution is 5.95. The molecule has 6 nitrogen and oxygen atoms in total. The van der Waals surface area contributed by atoms with E-state index in [0.29, 0.717) is 36.6 Å². The van der Waals surface area contributed by atoms with Crippen molar-refractivity contribution in [3.8, 4) is 5.75 Å². The molecule has 146 valence electrons. The number of piperidine rings is 1. The average Bonchev–Trinajstić information content (AvgIpc) is 3.47. The number of aliphatic hydroxyl groups is 1. The molecule has 2 fully saturated rings. The monoisotopic (exact) mass is 373 g/mol. The van der Waals surface area contributed by atoms with Crippen LogP contribution in [-0.2, 0) is 11.2 Å². The first kappa shape index (κ1) is 19.4. The van der Waals surface area contributed by atoms with Gasteiger partial charge in [-0.05, 0) is 48.9 Å². The van der Waals surface area contributed by atoms with Gasteiger partial charge >= 0.3 is 5.97 Å². The predicted octanol–water partition coefficient (Wildman–Crippen LogP) is 2.50. The topological polar surface area (TPSA) is 87.1 Å². The molecular formula is C21H27NO5. The van der Waals surface area contributed by atoms with E-state index < -0.39 is 17.5 Å². The highest BCUT2D eigenvalue weighted by Gasteiger charge is 2.52. The van der Waals surface area contributed by atoms with Crippen molar-refractivity contribution in [1.29, 1.82) is 0 Å². The lowest BCUT2D eigenvalue weighted by Crippen LogP contribution is -2.57. The standard InChI is InChI=1S/C21H27NO5/c1-3-4-15-11-16(7-8-17(15)27-2)19(24)22-10-9-18(23)21(13-22,20(25)26)12-14-5-6-14/h3,7-8,11,14,18,23H,1,4-6,9-10,12-13H2,2H3,(H,25,26)/t18-,21+/m0/s1. The molecule has 1 aliphatic heterocycles. The van der Waals surface area contributed by atoms with Crippen molar-refractivity contribution in [1.82, 2.24) is 4.90 Å². The number of amides is 1. The van der Waals surface area contributed by atoms with E-state index >= 15 is 0 Å². The normalized spacial score (nSPS) is 25.1. The van der Waals surface area contributed by atoms with Gasteiger partial charge in [0.25, 0.3) is 5.91 Å². The van der Waals surface area contributed by atoms with Crippen LogP contribution in [0.5, 0.6) is 5.75 Å². The van der Waals surface area contributed by atoms with Crippen molar-refractivity contribution < 1.29 is 24.5 Å². The molecule has 0 radical (unpaired) electrons. The Balaban J connectivity index is 1.85. The molecule has 27 heavy (non-hydrogen) atoms. The fourth-order valence-corrected chi connectivity index (χ4v) is 4.00. The zero-order chi connectivity index (χ0) is 19.6. The number of carbonyl (C=O) groups excluding carboxylic acids is 1. The zero-order valence-electron chi connectivity index (χ0n) is 15.7. The smallest absolute Gasteiger partial charge is 0.314 e. The third kappa shape index (κ3) is 3.86. The van der Waals surface area contributed by atoms with E-state index in [1.54, 1.807) is 36.3 Å². The van der Waals surface area contributed by atoms with Crippen molar-refractivity contribution >= 4 is 11.9 Å². The molecule has 1 aromatic rings. The maximum atomic E-state index is 13.1. The van der Waals surface area contributed by atoms with Crippen LogP contribution in [0.3, 0.4) is 0 Å². The molecule has 1 saturated heterocycles. The van der Waals surface area contributed by atoms with Gasteiger partial charge in [0, 0.05) is 18.7 Å². The van der Waals surface area contributed by atoms with Crippen LogP contribution < -0.4 is 4.74 Å². The molecule has 1 heterocycles. The summed E-state index contributed by atoms with van der Waals surface area (Å²) in [5.41, 5.74) is 0.0820. The van der Waals surface area contributed by atoms with Gasteiger partial charge in [0.15, 0.2) is 0 Å². The van der Waals surface area contributed by atoms with Gasteiger partial charge in [0.1, 0.15) is 11.2 Å². The fourth-order valence-electron chi connectivity index (χ4n) is 4.00. The first-order valence-corrected chi connectivity index (χ1v) is 9.40. The summed E-state index contributed by atoms with van der Waals surface area (Å²) in [6.45, 7) is 4.13. The minimum absolute atomic E-state index is 0.0433. The van der Waals surface area contributed by atoms with Crippen LogP contribution >= 0.6 is 0 Å². The SMILES string of the molecule is C=CCc1cc(C(=O)N2CC[C@H](O)[C@](CC3CC3)(C(=O)O)C2)ccc1OC. The Morgan fingerprint density at radius 2 is 2.11 bits per heavy atom. The molecule has 1 saturated carbocycles. The van der Waals surface area contributed by atoms with Crippen LogP contribution in [0.4, 0.5) is 0 Å². The molecule has 0 unspecified atom stereocenters. The lowest BCUT2D eigenvalue weighted by molar-refractivity contribution is -0.163. The molecule has 6 heteroatoms. The number of aliphatic hydroxyl groups excluding tert-OH is 1. The Morgan fingerprint density at radius 3 is 2.70 bits per heavy atom. The fraction of sp³-hybridized carbons (Fsp3) is 0.524. The van der Waals surface area contributed by atoms with Crippen molar-refractivity contribution in [2.45, 2.75) is 38.2 Å². The van der Waals surface area contributed by atoms with E-state index in [1.165, 1.54) is 0 Å². The Bertz CT molecular complexity index is 742. The van der Waals surface area contributed by atoms with Gasteiger partial charge < -0.3 is 19.8 Å². The maximum absolute atomic E-state index is 13.1. The molecular weight excluding hydrogens is 346 g/mol. The summed E-state index contributed by atoms with van der Waals surface area (Å²) in [6, 6.07) is 5.22. The Kier molecular flexibility index (Phi) is 5.56. The minimum Gasteiger partial charge on any atom is -0.496 e. The van der Waals surface area contributed by atoms with E-state index in [9.17, 15) is 19.8 Å². The van der Waals surface area contributed by atoms with Crippen LogP contribution in [0, 0.1) is 11.3 Å². The Hall–Kier alpha value is -2.34. The summed E-state index contributed by atoms with van der Waals surface area (Å²) in [6.07, 6.45) is 4.10. The number of hydrogen-bond donors (Lipinski definition) is 2. The van der Waals surface area contributed by atoms with Crippen molar-refractivity contribution in [2.75, 3.05) is 20.2 Å². The number of carbonyl (C=O) groups is 2. The highest BCUT2D eigenvalue weighted by Crippen LogP contribution is 2.45. The van der Waals surface area contributed by atoms with E-state index in [0.717, 1.165) is 18.4 Å². The molecule has 2 aliphatic rings. The first-order valence-electron chi connectivity index (χ1n) is 9.40. The van der Waals surface area contributed by atoms with Gasteiger partial charge in [-0.2, -0.15) is 0 Å². The molecule has 0 spiro atoms. The van der Waals surface area contributed by atoms with E-state index in [-0.39, 0.29) is 18.9 Å². The molecule has 0 bridgehead atoms. The number of allylic oxidation sites excluding steroid dienone is 1. The molecule has 1 aromatic carbocycles. The van der Waals surface area contributed by atoms with Gasteiger partial charge in [-0.1, -0.05) is 18.9 Å². The lowest BCUT2D eigenvalue weighted by atomic mass is 9.73. The number of carboxylic acid groups (broad SMARTS) is 1. The number of likely N-dealkylation sites (tertiary alicyclic amines) is 1. The second kappa shape index (κ2) is 7.72. The number of methoxy groups -OCH3 is 1. The van der Waals surface area contributed by atoms with Gasteiger partial charge in [0.05, 0.1) is 13.2 Å². The zero-order valence-corrected chi connectivity index (χ0v) is 15.7. The van der Waals surface area contributed by atoms with Crippen molar-refractivity contribution in [2.24, 2.45) is 11.3 Å². The minimum atomic E-state index is -1.27. The molecule has 3 rings (SSSR count). The lowest BCUT2D eigenvalue weighted by Gasteiger charge is -2.43.